The number of hydrogen-bond donors (Lipinski definition) is 1. The van der Waals surface area contributed by atoms with Crippen LogP contribution in [-0.2, 0) is 22.6 Å². The molecule has 36 heavy (non-hydrogen) atoms. The summed E-state index contributed by atoms with van der Waals surface area (Å²) >= 11 is 8.05. The molecule has 0 radical (unpaired) electrons. The summed E-state index contributed by atoms with van der Waals surface area (Å²) in [5, 5.41) is 14.8. The maximum absolute atomic E-state index is 10.8. The van der Waals surface area contributed by atoms with Gasteiger partial charge in [-0.2, -0.15) is 0 Å². The van der Waals surface area contributed by atoms with E-state index in [2.05, 4.69) is 88.5 Å². The molecule has 1 N–H and O–H groups in total. The minimum atomic E-state index is -1.04. The number of carboxylic acid groups (broad SMARTS) is 1. The lowest BCUT2D eigenvalue weighted by molar-refractivity contribution is -0.142. The summed E-state index contributed by atoms with van der Waals surface area (Å²) in [5.74, 6) is -0.613. The Kier molecular flexibility index (Phi) is 8.84. The molecule has 2 aromatic carbocycles. The number of oxime groups is 1. The van der Waals surface area contributed by atoms with Crippen LogP contribution in [0.5, 0.6) is 0 Å². The first-order valence-electron chi connectivity index (χ1n) is 12.2. The molecule has 1 aromatic heterocycles. The zero-order chi connectivity index (χ0) is 26.7. The van der Waals surface area contributed by atoms with Crippen LogP contribution in [0.1, 0.15) is 71.2 Å². The number of carbonyl (C=O) groups is 1. The van der Waals surface area contributed by atoms with Gasteiger partial charge in [0.05, 0.1) is 0 Å². The highest BCUT2D eigenvalue weighted by Crippen LogP contribution is 2.43. The van der Waals surface area contributed by atoms with Gasteiger partial charge in [-0.25, -0.2) is 4.79 Å². The Bertz CT molecular complexity index is 1240. The fraction of sp³-hybridized carbons (Fsp3) is 0.448. The standard InChI is InChI=1S/C29H37ClN2O3S/c1-19(2)21-10-13-24-23(14-21)27(36-28(3,4)5)25(15-29(6,7)18-31-35-17-26(33)34)32(24)16-20-8-11-22(30)12-9-20/h8-14,18-19H,15-17H2,1-7H3,(H,33,34)/b31-18+. The van der Waals surface area contributed by atoms with Crippen LogP contribution in [0.15, 0.2) is 52.5 Å². The lowest BCUT2D eigenvalue weighted by Gasteiger charge is -2.24. The summed E-state index contributed by atoms with van der Waals surface area (Å²) in [4.78, 5) is 17.0. The van der Waals surface area contributed by atoms with E-state index in [1.807, 2.05) is 23.9 Å². The molecule has 0 aliphatic carbocycles. The van der Waals surface area contributed by atoms with Crippen LogP contribution in [0.2, 0.25) is 5.02 Å². The molecule has 0 spiro atoms. The van der Waals surface area contributed by atoms with Crippen LogP contribution in [-0.4, -0.2) is 33.2 Å². The average molecular weight is 529 g/mol. The van der Waals surface area contributed by atoms with Crippen LogP contribution in [0, 0.1) is 5.41 Å². The molecule has 0 fully saturated rings. The second kappa shape index (κ2) is 11.3. The molecule has 3 rings (SSSR count). The van der Waals surface area contributed by atoms with Gasteiger partial charge in [0.2, 0.25) is 6.61 Å². The van der Waals surface area contributed by atoms with Crippen molar-refractivity contribution in [3.05, 3.63) is 64.3 Å². The Hall–Kier alpha value is -2.44. The average Bonchev–Trinajstić information content (AvgIpc) is 3.03. The van der Waals surface area contributed by atoms with Gasteiger partial charge in [0.15, 0.2) is 0 Å². The van der Waals surface area contributed by atoms with Gasteiger partial charge in [-0.15, -0.1) is 11.8 Å². The summed E-state index contributed by atoms with van der Waals surface area (Å²) in [6.45, 7) is 15.6. The Morgan fingerprint density at radius 2 is 1.81 bits per heavy atom. The van der Waals surface area contributed by atoms with Gasteiger partial charge >= 0.3 is 5.97 Å². The summed E-state index contributed by atoms with van der Waals surface area (Å²) in [6, 6.07) is 14.8. The van der Waals surface area contributed by atoms with Crippen LogP contribution in [0.4, 0.5) is 0 Å². The van der Waals surface area contributed by atoms with Gasteiger partial charge < -0.3 is 14.5 Å². The van der Waals surface area contributed by atoms with E-state index in [9.17, 15) is 4.79 Å². The predicted octanol–water partition coefficient (Wildman–Crippen LogP) is 8.01. The number of rotatable bonds is 10. The van der Waals surface area contributed by atoms with Gasteiger partial charge in [-0.1, -0.05) is 83.4 Å². The Morgan fingerprint density at radius 1 is 1.14 bits per heavy atom. The van der Waals surface area contributed by atoms with Gasteiger partial charge in [-0.3, -0.25) is 0 Å². The molecule has 0 atom stereocenters. The summed E-state index contributed by atoms with van der Waals surface area (Å²) in [7, 11) is 0. The Labute approximate surface area is 223 Å². The maximum Gasteiger partial charge on any atom is 0.344 e. The third-order valence-electron chi connectivity index (χ3n) is 5.76. The van der Waals surface area contributed by atoms with E-state index in [-0.39, 0.29) is 10.2 Å². The second-order valence-electron chi connectivity index (χ2n) is 11.2. The molecule has 3 aromatic rings. The molecular weight excluding hydrogens is 492 g/mol. The van der Waals surface area contributed by atoms with E-state index in [4.69, 9.17) is 21.5 Å². The van der Waals surface area contributed by atoms with E-state index in [0.29, 0.717) is 12.3 Å². The Morgan fingerprint density at radius 3 is 2.39 bits per heavy atom. The fourth-order valence-electron chi connectivity index (χ4n) is 4.05. The molecule has 0 aliphatic rings. The molecule has 0 aliphatic heterocycles. The monoisotopic (exact) mass is 528 g/mol. The van der Waals surface area contributed by atoms with Gasteiger partial charge in [0.25, 0.3) is 0 Å². The van der Waals surface area contributed by atoms with Crippen molar-refractivity contribution in [2.45, 2.75) is 77.0 Å². The minimum absolute atomic E-state index is 0.0187. The molecule has 0 amide bonds. The van der Waals surface area contributed by atoms with Crippen molar-refractivity contribution in [1.82, 2.24) is 4.57 Å². The fourth-order valence-corrected chi connectivity index (χ4v) is 5.36. The van der Waals surface area contributed by atoms with Crippen LogP contribution < -0.4 is 0 Å². The van der Waals surface area contributed by atoms with Gasteiger partial charge in [0.1, 0.15) is 0 Å². The molecule has 1 heterocycles. The number of benzene rings is 2. The lowest BCUT2D eigenvalue weighted by atomic mass is 9.89. The van der Waals surface area contributed by atoms with Crippen LogP contribution >= 0.6 is 23.4 Å². The molecular formula is C29H37ClN2O3S. The van der Waals surface area contributed by atoms with E-state index >= 15 is 0 Å². The molecule has 194 valence electrons. The maximum atomic E-state index is 10.8. The van der Waals surface area contributed by atoms with E-state index in [1.54, 1.807) is 6.21 Å². The molecule has 7 heteroatoms. The number of aliphatic carboxylic acids is 1. The van der Waals surface area contributed by atoms with E-state index in [0.717, 1.165) is 11.6 Å². The number of nitrogens with zero attached hydrogens (tertiary/aromatic N) is 2. The zero-order valence-electron chi connectivity index (χ0n) is 22.3. The summed E-state index contributed by atoms with van der Waals surface area (Å²) < 4.78 is 2.43. The molecule has 0 unspecified atom stereocenters. The third-order valence-corrected chi connectivity index (χ3v) is 7.28. The molecule has 5 nitrogen and oxygen atoms in total. The number of aromatic nitrogens is 1. The SMILES string of the molecule is CC(C)c1ccc2c(c1)c(SC(C)(C)C)c(CC(C)(C)/C=N/OCC(=O)O)n2Cc1ccc(Cl)cc1. The number of hydrogen-bond acceptors (Lipinski definition) is 4. The van der Waals surface area contributed by atoms with Crippen molar-refractivity contribution in [1.29, 1.82) is 0 Å². The van der Waals surface area contributed by atoms with Crippen molar-refractivity contribution < 1.29 is 14.7 Å². The second-order valence-corrected chi connectivity index (χ2v) is 13.5. The van der Waals surface area contributed by atoms with Crippen molar-refractivity contribution in [3.63, 3.8) is 0 Å². The van der Waals surface area contributed by atoms with Gasteiger partial charge in [0, 0.05) is 49.4 Å². The van der Waals surface area contributed by atoms with Crippen molar-refractivity contribution in [3.8, 4) is 0 Å². The largest absolute Gasteiger partial charge is 0.479 e. The third kappa shape index (κ3) is 7.53. The quantitative estimate of drug-likeness (QED) is 0.164. The smallest absolute Gasteiger partial charge is 0.344 e. The molecule has 0 saturated carbocycles. The normalized spacial score (nSPS) is 12.7. The summed E-state index contributed by atoms with van der Waals surface area (Å²) in [5.41, 5.74) is 4.56. The lowest BCUT2D eigenvalue weighted by Crippen LogP contribution is -2.21. The van der Waals surface area contributed by atoms with E-state index < -0.39 is 12.6 Å². The highest BCUT2D eigenvalue weighted by atomic mass is 35.5. The van der Waals surface area contributed by atoms with Crippen molar-refractivity contribution >= 4 is 46.4 Å². The van der Waals surface area contributed by atoms with Crippen molar-refractivity contribution in [2.75, 3.05) is 6.61 Å². The first kappa shape index (κ1) is 28.1. The first-order chi connectivity index (χ1) is 16.8. The first-order valence-corrected chi connectivity index (χ1v) is 13.4. The van der Waals surface area contributed by atoms with Crippen molar-refractivity contribution in [2.24, 2.45) is 10.6 Å². The summed E-state index contributed by atoms with van der Waals surface area (Å²) in [6.07, 6.45) is 2.43. The number of thioether (sulfide) groups is 1. The van der Waals surface area contributed by atoms with Gasteiger partial charge in [-0.05, 0) is 47.7 Å². The van der Waals surface area contributed by atoms with Crippen LogP contribution in [0.25, 0.3) is 10.9 Å². The number of carboxylic acids is 1. The Balaban J connectivity index is 2.17. The zero-order valence-corrected chi connectivity index (χ0v) is 23.8. The number of fused-ring (bicyclic) bond motifs is 1. The molecule has 0 saturated heterocycles. The predicted molar refractivity (Wildman–Crippen MR) is 152 cm³/mol. The van der Waals surface area contributed by atoms with Crippen LogP contribution in [0.3, 0.4) is 0 Å². The molecule has 0 bridgehead atoms. The minimum Gasteiger partial charge on any atom is -0.479 e. The van der Waals surface area contributed by atoms with E-state index in [1.165, 1.54) is 32.6 Å². The highest BCUT2D eigenvalue weighted by molar-refractivity contribution is 8.00. The number of halogens is 1. The topological polar surface area (TPSA) is 63.8 Å². The highest BCUT2D eigenvalue weighted by Gasteiger charge is 2.28.